The molecule has 0 amide bonds. The Morgan fingerprint density at radius 3 is 2.75 bits per heavy atom. The minimum absolute atomic E-state index is 0. The zero-order valence-electron chi connectivity index (χ0n) is 10.9. The lowest BCUT2D eigenvalue weighted by Gasteiger charge is -2.03. The van der Waals surface area contributed by atoms with Gasteiger partial charge in [-0.2, -0.15) is 0 Å². The van der Waals surface area contributed by atoms with Crippen LogP contribution in [-0.2, 0) is 6.54 Å². The van der Waals surface area contributed by atoms with Crippen LogP contribution >= 0.6 is 24.0 Å². The number of furan rings is 1. The van der Waals surface area contributed by atoms with Crippen LogP contribution in [0.15, 0.2) is 34.7 Å². The zero-order valence-corrected chi connectivity index (χ0v) is 12.4. The fourth-order valence-corrected chi connectivity index (χ4v) is 1.92. The van der Waals surface area contributed by atoms with Gasteiger partial charge in [0.05, 0.1) is 17.1 Å². The largest absolute Gasteiger partial charge is 0.478 e. The Hall–Kier alpha value is -1.49. The summed E-state index contributed by atoms with van der Waals surface area (Å²) in [5.41, 5.74) is 0.772. The van der Waals surface area contributed by atoms with E-state index in [0.29, 0.717) is 22.9 Å². The summed E-state index contributed by atoms with van der Waals surface area (Å²) in [4.78, 5) is 11.0. The second-order valence-electron chi connectivity index (χ2n) is 4.05. The molecule has 0 unspecified atom stereocenters. The number of halogens is 2. The SMILES string of the molecule is CCNCc1ccc(-c2cc(C(=O)O)ccc2Cl)o1.Cl. The van der Waals surface area contributed by atoms with E-state index in [9.17, 15) is 4.79 Å². The Balaban J connectivity index is 0.00000200. The van der Waals surface area contributed by atoms with Crippen molar-refractivity contribution in [2.75, 3.05) is 6.54 Å². The molecular formula is C14H15Cl2NO3. The van der Waals surface area contributed by atoms with Crippen LogP contribution in [0.25, 0.3) is 11.3 Å². The van der Waals surface area contributed by atoms with E-state index in [1.165, 1.54) is 12.1 Å². The van der Waals surface area contributed by atoms with Crippen molar-refractivity contribution >= 4 is 30.0 Å². The maximum Gasteiger partial charge on any atom is 0.335 e. The number of hydrogen-bond donors (Lipinski definition) is 2. The molecule has 0 atom stereocenters. The second-order valence-corrected chi connectivity index (χ2v) is 4.45. The van der Waals surface area contributed by atoms with Gasteiger partial charge in [0.1, 0.15) is 11.5 Å². The molecule has 1 heterocycles. The van der Waals surface area contributed by atoms with E-state index in [0.717, 1.165) is 12.3 Å². The fourth-order valence-electron chi connectivity index (χ4n) is 1.71. The van der Waals surface area contributed by atoms with E-state index in [2.05, 4.69) is 5.32 Å². The summed E-state index contributed by atoms with van der Waals surface area (Å²) in [5, 5.41) is 12.6. The predicted octanol–water partition coefficient (Wildman–Crippen LogP) is 3.83. The summed E-state index contributed by atoms with van der Waals surface area (Å²) in [6, 6.07) is 8.19. The third-order valence-corrected chi connectivity index (χ3v) is 3.02. The first-order valence-corrected chi connectivity index (χ1v) is 6.32. The highest BCUT2D eigenvalue weighted by Crippen LogP contribution is 2.30. The van der Waals surface area contributed by atoms with Crippen LogP contribution < -0.4 is 5.32 Å². The molecule has 0 bridgehead atoms. The summed E-state index contributed by atoms with van der Waals surface area (Å²) in [5.74, 6) is 0.368. The lowest BCUT2D eigenvalue weighted by molar-refractivity contribution is 0.0697. The van der Waals surface area contributed by atoms with Crippen LogP contribution in [0.5, 0.6) is 0 Å². The molecule has 0 fully saturated rings. The number of benzene rings is 1. The highest BCUT2D eigenvalue weighted by atomic mass is 35.5. The molecule has 1 aromatic carbocycles. The fraction of sp³-hybridized carbons (Fsp3) is 0.214. The minimum Gasteiger partial charge on any atom is -0.478 e. The standard InChI is InChI=1S/C14H14ClNO3.ClH/c1-2-16-8-10-4-6-13(19-10)11-7-9(14(17)18)3-5-12(11)15;/h3-7,16H,2,8H2,1H3,(H,17,18);1H. The number of hydrogen-bond acceptors (Lipinski definition) is 3. The Kier molecular flexibility index (Phi) is 6.07. The van der Waals surface area contributed by atoms with Gasteiger partial charge in [0.15, 0.2) is 0 Å². The molecule has 0 aliphatic carbocycles. The van der Waals surface area contributed by atoms with Gasteiger partial charge >= 0.3 is 5.97 Å². The normalized spacial score (nSPS) is 10.1. The molecule has 20 heavy (non-hydrogen) atoms. The average Bonchev–Trinajstić information content (AvgIpc) is 2.85. The molecule has 6 heteroatoms. The van der Waals surface area contributed by atoms with Crippen molar-refractivity contribution in [3.63, 3.8) is 0 Å². The molecule has 108 valence electrons. The topological polar surface area (TPSA) is 62.5 Å². The van der Waals surface area contributed by atoms with Gasteiger partial charge in [-0.3, -0.25) is 0 Å². The Labute approximate surface area is 128 Å². The Morgan fingerprint density at radius 2 is 2.10 bits per heavy atom. The van der Waals surface area contributed by atoms with Crippen molar-refractivity contribution in [3.8, 4) is 11.3 Å². The Morgan fingerprint density at radius 1 is 1.35 bits per heavy atom. The molecule has 0 spiro atoms. The highest BCUT2D eigenvalue weighted by molar-refractivity contribution is 6.33. The van der Waals surface area contributed by atoms with Gasteiger partial charge in [-0.15, -0.1) is 12.4 Å². The van der Waals surface area contributed by atoms with Gasteiger partial charge in [0.2, 0.25) is 0 Å². The van der Waals surface area contributed by atoms with Crippen molar-refractivity contribution in [2.24, 2.45) is 0 Å². The molecule has 4 nitrogen and oxygen atoms in total. The van der Waals surface area contributed by atoms with E-state index in [1.54, 1.807) is 12.1 Å². The third kappa shape index (κ3) is 3.76. The van der Waals surface area contributed by atoms with Crippen LogP contribution in [0.3, 0.4) is 0 Å². The minimum atomic E-state index is -0.989. The van der Waals surface area contributed by atoms with E-state index in [-0.39, 0.29) is 18.0 Å². The van der Waals surface area contributed by atoms with Crippen molar-refractivity contribution in [2.45, 2.75) is 13.5 Å². The molecule has 0 aliphatic rings. The van der Waals surface area contributed by atoms with Gasteiger partial charge in [-0.05, 0) is 36.9 Å². The monoisotopic (exact) mass is 315 g/mol. The van der Waals surface area contributed by atoms with Gasteiger partial charge in [-0.25, -0.2) is 4.79 Å². The Bertz CT molecular complexity index is 596. The molecule has 2 N–H and O–H groups in total. The van der Waals surface area contributed by atoms with Gasteiger partial charge in [0.25, 0.3) is 0 Å². The van der Waals surface area contributed by atoms with Crippen molar-refractivity contribution in [1.82, 2.24) is 5.32 Å². The van der Waals surface area contributed by atoms with Crippen LogP contribution in [0.2, 0.25) is 5.02 Å². The molecule has 2 rings (SSSR count). The van der Waals surface area contributed by atoms with Crippen molar-refractivity contribution in [1.29, 1.82) is 0 Å². The van der Waals surface area contributed by atoms with E-state index >= 15 is 0 Å². The first-order valence-electron chi connectivity index (χ1n) is 5.94. The predicted molar refractivity (Wildman–Crippen MR) is 80.7 cm³/mol. The van der Waals surface area contributed by atoms with Gasteiger partial charge in [0, 0.05) is 5.56 Å². The number of rotatable bonds is 5. The zero-order chi connectivity index (χ0) is 13.8. The summed E-state index contributed by atoms with van der Waals surface area (Å²) < 4.78 is 5.65. The average molecular weight is 316 g/mol. The molecule has 0 aliphatic heterocycles. The lowest BCUT2D eigenvalue weighted by atomic mass is 10.1. The first-order chi connectivity index (χ1) is 9.11. The maximum atomic E-state index is 11.0. The smallest absolute Gasteiger partial charge is 0.335 e. The number of carboxylic acids is 1. The van der Waals surface area contributed by atoms with Crippen LogP contribution in [0.1, 0.15) is 23.0 Å². The van der Waals surface area contributed by atoms with Crippen molar-refractivity contribution in [3.05, 3.63) is 46.7 Å². The molecule has 1 aromatic heterocycles. The molecule has 2 aromatic rings. The summed E-state index contributed by atoms with van der Waals surface area (Å²) >= 11 is 6.08. The molecule has 0 saturated carbocycles. The third-order valence-electron chi connectivity index (χ3n) is 2.69. The molecular weight excluding hydrogens is 301 g/mol. The van der Waals surface area contributed by atoms with Crippen LogP contribution in [0.4, 0.5) is 0 Å². The number of carbonyl (C=O) groups is 1. The summed E-state index contributed by atoms with van der Waals surface area (Å²) in [6.07, 6.45) is 0. The van der Waals surface area contributed by atoms with Crippen LogP contribution in [0, 0.1) is 0 Å². The van der Waals surface area contributed by atoms with E-state index in [1.807, 2.05) is 13.0 Å². The number of nitrogens with one attached hydrogen (secondary N) is 1. The lowest BCUT2D eigenvalue weighted by Crippen LogP contribution is -2.10. The molecule has 0 saturated heterocycles. The molecule has 0 radical (unpaired) electrons. The second kappa shape index (κ2) is 7.33. The summed E-state index contributed by atoms with van der Waals surface area (Å²) in [6.45, 7) is 3.50. The van der Waals surface area contributed by atoms with Crippen molar-refractivity contribution < 1.29 is 14.3 Å². The quantitative estimate of drug-likeness (QED) is 0.880. The number of carboxylic acid groups (broad SMARTS) is 1. The first kappa shape index (κ1) is 16.6. The highest BCUT2D eigenvalue weighted by Gasteiger charge is 2.12. The van der Waals surface area contributed by atoms with Crippen LogP contribution in [-0.4, -0.2) is 17.6 Å². The van der Waals surface area contributed by atoms with E-state index in [4.69, 9.17) is 21.1 Å². The maximum absolute atomic E-state index is 11.0. The van der Waals surface area contributed by atoms with Gasteiger partial charge < -0.3 is 14.8 Å². The van der Waals surface area contributed by atoms with E-state index < -0.39 is 5.97 Å². The number of aromatic carboxylic acids is 1. The summed E-state index contributed by atoms with van der Waals surface area (Å²) in [7, 11) is 0. The van der Waals surface area contributed by atoms with Gasteiger partial charge in [-0.1, -0.05) is 18.5 Å².